The molecule has 2 aromatic carbocycles. The van der Waals surface area contributed by atoms with Gasteiger partial charge >= 0.3 is 0 Å². The summed E-state index contributed by atoms with van der Waals surface area (Å²) in [5, 5.41) is 10.3. The second-order valence-corrected chi connectivity index (χ2v) is 7.14. The van der Waals surface area contributed by atoms with Crippen LogP contribution in [0.3, 0.4) is 0 Å². The number of aromatic hydroxyl groups is 1. The number of benzene rings is 2. The van der Waals surface area contributed by atoms with E-state index >= 15 is 0 Å². The molecule has 0 radical (unpaired) electrons. The van der Waals surface area contributed by atoms with E-state index < -0.39 is 0 Å². The molecule has 4 heteroatoms. The highest BCUT2D eigenvalue weighted by atomic mass is 35.5. The molecule has 24 heavy (non-hydrogen) atoms. The van der Waals surface area contributed by atoms with Gasteiger partial charge in [0.15, 0.2) is 0 Å². The first-order valence-electron chi connectivity index (χ1n) is 8.43. The summed E-state index contributed by atoms with van der Waals surface area (Å²) in [6, 6.07) is 15.8. The Kier molecular flexibility index (Phi) is 5.44. The standard InChI is InChI=1S/C20H24ClNO2/c1-14(2)18-12-22(11-16-9-6-10-17(23)20(16)21)13-19(24-18)15-7-4-3-5-8-15/h3-10,14,18-19,23H,11-13H2,1-2H3/t18-,19+/m1/s1. The molecule has 1 aliphatic rings. The van der Waals surface area contributed by atoms with E-state index in [9.17, 15) is 5.11 Å². The zero-order chi connectivity index (χ0) is 17.1. The fraction of sp³-hybridized carbons (Fsp3) is 0.400. The van der Waals surface area contributed by atoms with E-state index in [1.165, 1.54) is 5.56 Å². The summed E-state index contributed by atoms with van der Waals surface area (Å²) in [6.45, 7) is 6.78. The van der Waals surface area contributed by atoms with Crippen molar-refractivity contribution in [1.82, 2.24) is 4.90 Å². The van der Waals surface area contributed by atoms with Crippen molar-refractivity contribution in [2.24, 2.45) is 5.92 Å². The van der Waals surface area contributed by atoms with Crippen molar-refractivity contribution in [3.63, 3.8) is 0 Å². The van der Waals surface area contributed by atoms with Crippen LogP contribution in [-0.4, -0.2) is 29.2 Å². The van der Waals surface area contributed by atoms with Crippen molar-refractivity contribution in [2.75, 3.05) is 13.1 Å². The van der Waals surface area contributed by atoms with Gasteiger partial charge in [0.25, 0.3) is 0 Å². The lowest BCUT2D eigenvalue weighted by Crippen LogP contribution is -2.45. The van der Waals surface area contributed by atoms with Crippen molar-refractivity contribution in [3.8, 4) is 5.75 Å². The molecule has 0 aromatic heterocycles. The van der Waals surface area contributed by atoms with Crippen molar-refractivity contribution in [2.45, 2.75) is 32.6 Å². The van der Waals surface area contributed by atoms with E-state index in [0.717, 1.165) is 18.7 Å². The molecule has 3 rings (SSSR count). The molecular formula is C20H24ClNO2. The zero-order valence-electron chi connectivity index (χ0n) is 14.2. The summed E-state index contributed by atoms with van der Waals surface area (Å²) >= 11 is 6.26. The highest BCUT2D eigenvalue weighted by Crippen LogP contribution is 2.32. The lowest BCUT2D eigenvalue weighted by Gasteiger charge is -2.40. The molecular weight excluding hydrogens is 322 g/mol. The van der Waals surface area contributed by atoms with Gasteiger partial charge in [-0.2, -0.15) is 0 Å². The van der Waals surface area contributed by atoms with Gasteiger partial charge in [-0.1, -0.05) is 67.9 Å². The van der Waals surface area contributed by atoms with Crippen molar-refractivity contribution < 1.29 is 9.84 Å². The minimum Gasteiger partial charge on any atom is -0.506 e. The van der Waals surface area contributed by atoms with E-state index in [-0.39, 0.29) is 18.0 Å². The van der Waals surface area contributed by atoms with Gasteiger partial charge in [-0.05, 0) is 23.1 Å². The molecule has 128 valence electrons. The maximum absolute atomic E-state index is 9.82. The largest absolute Gasteiger partial charge is 0.506 e. The minimum atomic E-state index is 0.0587. The molecule has 3 nitrogen and oxygen atoms in total. The molecule has 0 bridgehead atoms. The Hall–Kier alpha value is -1.55. The summed E-state index contributed by atoms with van der Waals surface area (Å²) in [6.07, 6.45) is 0.239. The molecule has 2 atom stereocenters. The van der Waals surface area contributed by atoms with E-state index in [1.807, 2.05) is 30.3 Å². The molecule has 0 saturated carbocycles. The van der Waals surface area contributed by atoms with Crippen LogP contribution in [0.1, 0.15) is 31.1 Å². The number of phenolic OH excluding ortho intramolecular Hbond substituents is 1. The third-order valence-electron chi connectivity index (χ3n) is 4.57. The number of morpholine rings is 1. The maximum atomic E-state index is 9.82. The van der Waals surface area contributed by atoms with Crippen LogP contribution in [0.4, 0.5) is 0 Å². The second kappa shape index (κ2) is 7.56. The van der Waals surface area contributed by atoms with Gasteiger partial charge in [-0.15, -0.1) is 0 Å². The molecule has 0 spiro atoms. The SMILES string of the molecule is CC(C)[C@H]1CN(Cc2cccc(O)c2Cl)C[C@@H](c2ccccc2)O1. The number of phenols is 1. The van der Waals surface area contributed by atoms with Gasteiger partial charge in [-0.3, -0.25) is 4.90 Å². The topological polar surface area (TPSA) is 32.7 Å². The lowest BCUT2D eigenvalue weighted by molar-refractivity contribution is -0.107. The highest BCUT2D eigenvalue weighted by molar-refractivity contribution is 6.32. The third-order valence-corrected chi connectivity index (χ3v) is 5.00. The van der Waals surface area contributed by atoms with Gasteiger partial charge in [0.05, 0.1) is 17.2 Å². The molecule has 1 N–H and O–H groups in total. The van der Waals surface area contributed by atoms with Crippen molar-refractivity contribution in [1.29, 1.82) is 0 Å². The smallest absolute Gasteiger partial charge is 0.134 e. The number of nitrogens with zero attached hydrogens (tertiary/aromatic N) is 1. The molecule has 1 saturated heterocycles. The fourth-order valence-corrected chi connectivity index (χ4v) is 3.32. The van der Waals surface area contributed by atoms with Crippen LogP contribution >= 0.6 is 11.6 Å². The molecule has 0 aliphatic carbocycles. The Morgan fingerprint density at radius 3 is 2.58 bits per heavy atom. The Morgan fingerprint density at radius 1 is 1.12 bits per heavy atom. The second-order valence-electron chi connectivity index (χ2n) is 6.76. The Labute approximate surface area is 148 Å². The predicted octanol–water partition coefficient (Wildman–Crippen LogP) is 4.64. The average molecular weight is 346 g/mol. The van der Waals surface area contributed by atoms with Crippen LogP contribution in [-0.2, 0) is 11.3 Å². The van der Waals surface area contributed by atoms with Gasteiger partial charge in [-0.25, -0.2) is 0 Å². The van der Waals surface area contributed by atoms with Crippen molar-refractivity contribution in [3.05, 3.63) is 64.7 Å². The number of hydrogen-bond acceptors (Lipinski definition) is 3. The maximum Gasteiger partial charge on any atom is 0.134 e. The van der Waals surface area contributed by atoms with Crippen LogP contribution in [0.2, 0.25) is 5.02 Å². The molecule has 0 unspecified atom stereocenters. The first-order chi connectivity index (χ1) is 11.5. The van der Waals surface area contributed by atoms with Gasteiger partial charge < -0.3 is 9.84 Å². The number of hydrogen-bond donors (Lipinski definition) is 1. The van der Waals surface area contributed by atoms with E-state index in [1.54, 1.807) is 6.07 Å². The number of ether oxygens (including phenoxy) is 1. The first kappa shape index (κ1) is 17.3. The van der Waals surface area contributed by atoms with Crippen molar-refractivity contribution >= 4 is 11.6 Å². The molecule has 1 fully saturated rings. The Bertz CT molecular complexity index is 675. The van der Waals surface area contributed by atoms with E-state index in [2.05, 4.69) is 30.9 Å². The van der Waals surface area contributed by atoms with Gasteiger partial charge in [0, 0.05) is 19.6 Å². The van der Waals surface area contributed by atoms with E-state index in [4.69, 9.17) is 16.3 Å². The first-order valence-corrected chi connectivity index (χ1v) is 8.81. The molecule has 1 heterocycles. The van der Waals surface area contributed by atoms with Crippen LogP contribution in [0, 0.1) is 5.92 Å². The summed E-state index contributed by atoms with van der Waals surface area (Å²) in [4.78, 5) is 2.37. The summed E-state index contributed by atoms with van der Waals surface area (Å²) in [5.74, 6) is 0.584. The predicted molar refractivity (Wildman–Crippen MR) is 97.3 cm³/mol. The Balaban J connectivity index is 1.80. The third kappa shape index (κ3) is 3.92. The number of rotatable bonds is 4. The van der Waals surface area contributed by atoms with Crippen LogP contribution in [0.5, 0.6) is 5.75 Å². The summed E-state index contributed by atoms with van der Waals surface area (Å²) in [7, 11) is 0. The van der Waals surface area contributed by atoms with Gasteiger partial charge in [0.2, 0.25) is 0 Å². The normalized spacial score (nSPS) is 22.0. The molecule has 1 aliphatic heterocycles. The zero-order valence-corrected chi connectivity index (χ0v) is 14.9. The Morgan fingerprint density at radius 2 is 1.88 bits per heavy atom. The van der Waals surface area contributed by atoms with Crippen LogP contribution in [0.15, 0.2) is 48.5 Å². The summed E-state index contributed by atoms with van der Waals surface area (Å²) in [5.41, 5.74) is 2.16. The van der Waals surface area contributed by atoms with Gasteiger partial charge in [0.1, 0.15) is 5.75 Å². The van der Waals surface area contributed by atoms with E-state index in [0.29, 0.717) is 17.5 Å². The fourth-order valence-electron chi connectivity index (χ4n) is 3.14. The quantitative estimate of drug-likeness (QED) is 0.875. The summed E-state index contributed by atoms with van der Waals surface area (Å²) < 4.78 is 6.33. The molecule has 2 aromatic rings. The minimum absolute atomic E-state index is 0.0587. The van der Waals surface area contributed by atoms with Crippen LogP contribution < -0.4 is 0 Å². The monoisotopic (exact) mass is 345 g/mol. The molecule has 0 amide bonds. The lowest BCUT2D eigenvalue weighted by atomic mass is 10.0. The average Bonchev–Trinajstić information content (AvgIpc) is 2.59. The highest BCUT2D eigenvalue weighted by Gasteiger charge is 2.30. The van der Waals surface area contributed by atoms with Crippen LogP contribution in [0.25, 0.3) is 0 Å². The number of halogens is 1.